The Morgan fingerprint density at radius 1 is 0.828 bits per heavy atom. The Kier molecular flexibility index (Phi) is 5.94. The lowest BCUT2D eigenvalue weighted by atomic mass is 10.1. The number of Topliss-reactive ketones (excluding diaryl/α,β-unsaturated/α-hetero) is 1. The molecular formula is C21H17N3O5. The van der Waals surface area contributed by atoms with E-state index in [0.717, 1.165) is 0 Å². The first-order chi connectivity index (χ1) is 13.9. The van der Waals surface area contributed by atoms with Crippen LogP contribution in [0.5, 0.6) is 0 Å². The van der Waals surface area contributed by atoms with Gasteiger partial charge in [-0.05, 0) is 23.8 Å². The van der Waals surface area contributed by atoms with E-state index in [1.54, 1.807) is 60.7 Å². The van der Waals surface area contributed by atoms with Crippen molar-refractivity contribution in [3.63, 3.8) is 0 Å². The highest BCUT2D eigenvalue weighted by atomic mass is 16.2. The maximum atomic E-state index is 12.7. The molecule has 2 N–H and O–H groups in total. The third-order valence-corrected chi connectivity index (χ3v) is 4.05. The van der Waals surface area contributed by atoms with Gasteiger partial charge < -0.3 is 5.32 Å². The van der Waals surface area contributed by atoms with Crippen molar-refractivity contribution in [1.82, 2.24) is 15.8 Å². The molecule has 1 aliphatic rings. The lowest BCUT2D eigenvalue weighted by molar-refractivity contribution is -0.157. The number of piperidine rings is 1. The van der Waals surface area contributed by atoms with Gasteiger partial charge in [-0.15, -0.1) is 0 Å². The normalized spacial score (nSPS) is 14.6. The van der Waals surface area contributed by atoms with Crippen molar-refractivity contribution in [3.05, 3.63) is 77.5 Å². The third-order valence-electron chi connectivity index (χ3n) is 4.05. The van der Waals surface area contributed by atoms with Crippen molar-refractivity contribution in [3.8, 4) is 0 Å². The zero-order chi connectivity index (χ0) is 20.8. The van der Waals surface area contributed by atoms with Crippen molar-refractivity contribution in [2.45, 2.75) is 12.8 Å². The molecule has 1 fully saturated rings. The van der Waals surface area contributed by atoms with E-state index in [0.29, 0.717) is 16.1 Å². The molecule has 0 spiro atoms. The average molecular weight is 391 g/mol. The minimum Gasteiger partial charge on any atom is -0.317 e. The number of nitrogens with zero attached hydrogens (tertiary/aromatic N) is 1. The summed E-state index contributed by atoms with van der Waals surface area (Å²) in [6.07, 6.45) is 0.473. The maximum absolute atomic E-state index is 12.7. The molecule has 0 atom stereocenters. The van der Waals surface area contributed by atoms with Crippen molar-refractivity contribution < 1.29 is 24.0 Å². The zero-order valence-electron chi connectivity index (χ0n) is 15.3. The number of hydrogen-bond donors (Lipinski definition) is 2. The largest absolute Gasteiger partial charge is 0.317 e. The molecule has 8 nitrogen and oxygen atoms in total. The molecule has 1 saturated heterocycles. The summed E-state index contributed by atoms with van der Waals surface area (Å²) in [4.78, 5) is 60.4. The average Bonchev–Trinajstić information content (AvgIpc) is 2.71. The van der Waals surface area contributed by atoms with Gasteiger partial charge in [0.15, 0.2) is 5.78 Å². The molecule has 4 amide bonds. The summed E-state index contributed by atoms with van der Waals surface area (Å²) in [6, 6.07) is 17.0. The fourth-order valence-electron chi connectivity index (χ4n) is 2.64. The molecular weight excluding hydrogens is 374 g/mol. The van der Waals surface area contributed by atoms with Crippen molar-refractivity contribution in [2.24, 2.45) is 0 Å². The Labute approximate surface area is 166 Å². The van der Waals surface area contributed by atoms with Crippen LogP contribution in [0.2, 0.25) is 0 Å². The van der Waals surface area contributed by atoms with Gasteiger partial charge in [0.2, 0.25) is 0 Å². The van der Waals surface area contributed by atoms with E-state index in [1.807, 2.05) is 0 Å². The molecule has 8 heteroatoms. The summed E-state index contributed by atoms with van der Waals surface area (Å²) in [5.41, 5.74) is 2.96. The molecule has 3 rings (SSSR count). The van der Waals surface area contributed by atoms with E-state index in [2.05, 4.69) is 10.7 Å². The van der Waals surface area contributed by atoms with Crippen LogP contribution < -0.4 is 10.7 Å². The molecule has 0 unspecified atom stereocenters. The minimum atomic E-state index is -0.866. The molecule has 0 aliphatic carbocycles. The zero-order valence-corrected chi connectivity index (χ0v) is 15.3. The second-order valence-electron chi connectivity index (χ2n) is 6.24. The molecule has 0 radical (unpaired) electrons. The van der Waals surface area contributed by atoms with Crippen LogP contribution >= 0.6 is 0 Å². The molecule has 1 heterocycles. The molecule has 0 aromatic heterocycles. The predicted octanol–water partition coefficient (Wildman–Crippen LogP) is 1.21. The van der Waals surface area contributed by atoms with Crippen molar-refractivity contribution >= 4 is 35.5 Å². The molecule has 2 aromatic carbocycles. The molecule has 1 aliphatic heterocycles. The minimum absolute atomic E-state index is 0.164. The number of ketones is 1. The standard InChI is InChI=1S/C21H17N3O5/c25-16-12-18(26)24(19(27)13-16)23-21(29)17(11-14-7-3-1-4-8-14)22-20(28)15-9-5-2-6-10-15/h1-11H,12-13H2,(H,22,28)(H,23,29)/b17-11+. The summed E-state index contributed by atoms with van der Waals surface area (Å²) in [5.74, 6) is -3.56. The fourth-order valence-corrected chi connectivity index (χ4v) is 2.64. The van der Waals surface area contributed by atoms with Gasteiger partial charge in [0.1, 0.15) is 5.70 Å². The van der Waals surface area contributed by atoms with E-state index < -0.39 is 42.3 Å². The van der Waals surface area contributed by atoms with Gasteiger partial charge in [0, 0.05) is 5.56 Å². The highest BCUT2D eigenvalue weighted by molar-refractivity contribution is 6.17. The predicted molar refractivity (Wildman–Crippen MR) is 103 cm³/mol. The third kappa shape index (κ3) is 5.01. The van der Waals surface area contributed by atoms with Crippen LogP contribution in [0.15, 0.2) is 66.4 Å². The number of nitrogens with one attached hydrogen (secondary N) is 2. The number of carbonyl (C=O) groups excluding carboxylic acids is 5. The Morgan fingerprint density at radius 2 is 1.38 bits per heavy atom. The van der Waals surface area contributed by atoms with Crippen LogP contribution in [0.1, 0.15) is 28.8 Å². The van der Waals surface area contributed by atoms with Crippen LogP contribution in [0.3, 0.4) is 0 Å². The lowest BCUT2D eigenvalue weighted by Gasteiger charge is -2.24. The van der Waals surface area contributed by atoms with Gasteiger partial charge in [-0.2, -0.15) is 5.01 Å². The Balaban J connectivity index is 1.84. The first kappa shape index (κ1) is 19.7. The highest BCUT2D eigenvalue weighted by Crippen LogP contribution is 2.10. The lowest BCUT2D eigenvalue weighted by Crippen LogP contribution is -2.54. The summed E-state index contributed by atoms with van der Waals surface area (Å²) in [5, 5.41) is 3.01. The number of hydrazine groups is 1. The summed E-state index contributed by atoms with van der Waals surface area (Å²) in [6.45, 7) is 0. The van der Waals surface area contributed by atoms with Crippen LogP contribution in [-0.4, -0.2) is 34.4 Å². The van der Waals surface area contributed by atoms with Crippen molar-refractivity contribution in [1.29, 1.82) is 0 Å². The molecule has 29 heavy (non-hydrogen) atoms. The monoisotopic (exact) mass is 391 g/mol. The molecule has 146 valence electrons. The van der Waals surface area contributed by atoms with Gasteiger partial charge in [0.05, 0.1) is 12.8 Å². The van der Waals surface area contributed by atoms with Crippen LogP contribution in [0, 0.1) is 0 Å². The molecule has 0 bridgehead atoms. The van der Waals surface area contributed by atoms with Gasteiger partial charge in [0.25, 0.3) is 23.6 Å². The Bertz CT molecular complexity index is 979. The Hall–Kier alpha value is -4.07. The van der Waals surface area contributed by atoms with Gasteiger partial charge >= 0.3 is 0 Å². The van der Waals surface area contributed by atoms with E-state index >= 15 is 0 Å². The second kappa shape index (κ2) is 8.75. The van der Waals surface area contributed by atoms with E-state index in [9.17, 15) is 24.0 Å². The van der Waals surface area contributed by atoms with Crippen LogP contribution in [0.4, 0.5) is 0 Å². The van der Waals surface area contributed by atoms with Gasteiger partial charge in [-0.25, -0.2) is 0 Å². The quantitative estimate of drug-likeness (QED) is 0.452. The SMILES string of the molecule is O=C1CC(=O)N(NC(=O)/C(=C\c2ccccc2)NC(=O)c2ccccc2)C(=O)C1. The number of hydrogen-bond acceptors (Lipinski definition) is 5. The van der Waals surface area contributed by atoms with Gasteiger partial charge in [-0.3, -0.25) is 29.4 Å². The van der Waals surface area contributed by atoms with E-state index in [-0.39, 0.29) is 5.70 Å². The smallest absolute Gasteiger partial charge is 0.286 e. The number of benzene rings is 2. The molecule has 2 aromatic rings. The maximum Gasteiger partial charge on any atom is 0.286 e. The Morgan fingerprint density at radius 3 is 1.97 bits per heavy atom. The highest BCUT2D eigenvalue weighted by Gasteiger charge is 2.33. The number of imide groups is 1. The number of rotatable bonds is 5. The second-order valence-corrected chi connectivity index (χ2v) is 6.24. The number of amides is 4. The molecule has 0 saturated carbocycles. The van der Waals surface area contributed by atoms with Crippen LogP contribution in [0.25, 0.3) is 6.08 Å². The first-order valence-electron chi connectivity index (χ1n) is 8.75. The number of carbonyl (C=O) groups is 5. The van der Waals surface area contributed by atoms with E-state index in [4.69, 9.17) is 0 Å². The topological polar surface area (TPSA) is 113 Å². The van der Waals surface area contributed by atoms with Gasteiger partial charge in [-0.1, -0.05) is 48.5 Å². The summed E-state index contributed by atoms with van der Waals surface area (Å²) in [7, 11) is 0. The first-order valence-corrected chi connectivity index (χ1v) is 8.75. The fraction of sp³-hybridized carbons (Fsp3) is 0.0952. The van der Waals surface area contributed by atoms with Crippen molar-refractivity contribution in [2.75, 3.05) is 0 Å². The summed E-state index contributed by atoms with van der Waals surface area (Å²) < 4.78 is 0. The van der Waals surface area contributed by atoms with Crippen LogP contribution in [-0.2, 0) is 19.2 Å². The van der Waals surface area contributed by atoms with E-state index in [1.165, 1.54) is 6.08 Å². The summed E-state index contributed by atoms with van der Waals surface area (Å²) >= 11 is 0.